The fourth-order valence-electron chi connectivity index (χ4n) is 2.11. The predicted molar refractivity (Wildman–Crippen MR) is 76.2 cm³/mol. The van der Waals surface area contributed by atoms with Crippen molar-refractivity contribution in [1.29, 1.82) is 0 Å². The fourth-order valence-corrected chi connectivity index (χ4v) is 2.54. The first-order valence-electron chi connectivity index (χ1n) is 5.72. The van der Waals surface area contributed by atoms with Gasteiger partial charge in [-0.25, -0.2) is 4.98 Å². The highest BCUT2D eigenvalue weighted by molar-refractivity contribution is 9.10. The van der Waals surface area contributed by atoms with E-state index in [1.165, 1.54) is 0 Å². The van der Waals surface area contributed by atoms with Crippen molar-refractivity contribution in [2.24, 2.45) is 5.73 Å². The molecule has 18 heavy (non-hydrogen) atoms. The molecule has 0 aliphatic carbocycles. The lowest BCUT2D eigenvalue weighted by Gasteiger charge is -2.02. The lowest BCUT2D eigenvalue weighted by molar-refractivity contribution is 0.960. The smallest absolute Gasteiger partial charge is 0.152 e. The SMILES string of the molecule is NCc1c(-c2ccccc2)nc2c(Br)cccn12. The molecule has 3 rings (SSSR count). The minimum atomic E-state index is 0.460. The summed E-state index contributed by atoms with van der Waals surface area (Å²) in [4.78, 5) is 4.69. The molecule has 0 aliphatic rings. The number of nitrogens with zero attached hydrogens (tertiary/aromatic N) is 2. The molecule has 0 radical (unpaired) electrons. The highest BCUT2D eigenvalue weighted by Gasteiger charge is 2.13. The predicted octanol–water partition coefficient (Wildman–Crippen LogP) is 3.22. The van der Waals surface area contributed by atoms with Crippen molar-refractivity contribution < 1.29 is 0 Å². The molecule has 1 aromatic carbocycles. The Bertz CT molecular complexity index is 689. The van der Waals surface area contributed by atoms with Crippen molar-refractivity contribution in [2.75, 3.05) is 0 Å². The van der Waals surface area contributed by atoms with Gasteiger partial charge in [-0.2, -0.15) is 0 Å². The molecule has 3 aromatic rings. The van der Waals surface area contributed by atoms with Gasteiger partial charge in [-0.3, -0.25) is 0 Å². The zero-order chi connectivity index (χ0) is 12.5. The first kappa shape index (κ1) is 11.4. The number of rotatable bonds is 2. The van der Waals surface area contributed by atoms with Gasteiger partial charge in [0, 0.05) is 18.3 Å². The van der Waals surface area contributed by atoms with Crippen LogP contribution in [-0.4, -0.2) is 9.38 Å². The number of halogens is 1. The summed E-state index contributed by atoms with van der Waals surface area (Å²) in [6.45, 7) is 0.460. The molecule has 0 unspecified atom stereocenters. The summed E-state index contributed by atoms with van der Waals surface area (Å²) in [6, 6.07) is 14.1. The number of nitrogens with two attached hydrogens (primary N) is 1. The Kier molecular flexibility index (Phi) is 2.89. The maximum absolute atomic E-state index is 5.87. The summed E-state index contributed by atoms with van der Waals surface area (Å²) in [7, 11) is 0. The van der Waals surface area contributed by atoms with Crippen molar-refractivity contribution in [3.05, 3.63) is 58.8 Å². The fraction of sp³-hybridized carbons (Fsp3) is 0.0714. The summed E-state index contributed by atoms with van der Waals surface area (Å²) in [5.41, 5.74) is 9.84. The third-order valence-electron chi connectivity index (χ3n) is 2.94. The zero-order valence-electron chi connectivity index (χ0n) is 9.68. The van der Waals surface area contributed by atoms with Crippen LogP contribution in [0.25, 0.3) is 16.9 Å². The Morgan fingerprint density at radius 1 is 1.11 bits per heavy atom. The van der Waals surface area contributed by atoms with Crippen LogP contribution in [0.3, 0.4) is 0 Å². The second-order valence-electron chi connectivity index (χ2n) is 4.03. The molecule has 0 spiro atoms. The van der Waals surface area contributed by atoms with Crippen molar-refractivity contribution in [3.63, 3.8) is 0 Å². The summed E-state index contributed by atoms with van der Waals surface area (Å²) in [5, 5.41) is 0. The van der Waals surface area contributed by atoms with E-state index in [-0.39, 0.29) is 0 Å². The molecule has 0 bridgehead atoms. The zero-order valence-corrected chi connectivity index (χ0v) is 11.3. The standard InChI is InChI=1S/C14H12BrN3/c15-11-7-4-8-18-12(9-16)13(17-14(11)18)10-5-2-1-3-6-10/h1-8H,9,16H2. The number of imidazole rings is 1. The van der Waals surface area contributed by atoms with Crippen LogP contribution in [-0.2, 0) is 6.54 Å². The monoisotopic (exact) mass is 301 g/mol. The van der Waals surface area contributed by atoms with Crippen LogP contribution < -0.4 is 5.73 Å². The number of hydrogen-bond acceptors (Lipinski definition) is 2. The van der Waals surface area contributed by atoms with E-state index in [2.05, 4.69) is 33.0 Å². The maximum Gasteiger partial charge on any atom is 0.152 e. The Morgan fingerprint density at radius 2 is 1.89 bits per heavy atom. The number of aromatic nitrogens is 2. The van der Waals surface area contributed by atoms with Gasteiger partial charge in [0.25, 0.3) is 0 Å². The average Bonchev–Trinajstić information content (AvgIpc) is 2.80. The lowest BCUT2D eigenvalue weighted by Crippen LogP contribution is -2.02. The minimum Gasteiger partial charge on any atom is -0.325 e. The molecule has 2 aromatic heterocycles. The highest BCUT2D eigenvalue weighted by Crippen LogP contribution is 2.27. The quantitative estimate of drug-likeness (QED) is 0.790. The Hall–Kier alpha value is -1.65. The van der Waals surface area contributed by atoms with Crippen LogP contribution in [0, 0.1) is 0 Å². The van der Waals surface area contributed by atoms with Gasteiger partial charge in [0.2, 0.25) is 0 Å². The van der Waals surface area contributed by atoms with Gasteiger partial charge in [0.1, 0.15) is 0 Å². The van der Waals surface area contributed by atoms with Crippen LogP contribution in [0.5, 0.6) is 0 Å². The van der Waals surface area contributed by atoms with Gasteiger partial charge in [-0.05, 0) is 28.1 Å². The number of fused-ring (bicyclic) bond motifs is 1. The van der Waals surface area contributed by atoms with Gasteiger partial charge in [-0.1, -0.05) is 30.3 Å². The van der Waals surface area contributed by atoms with Gasteiger partial charge in [-0.15, -0.1) is 0 Å². The number of hydrogen-bond donors (Lipinski definition) is 1. The van der Waals surface area contributed by atoms with E-state index < -0.39 is 0 Å². The van der Waals surface area contributed by atoms with E-state index in [1.807, 2.05) is 40.9 Å². The van der Waals surface area contributed by atoms with Crippen LogP contribution in [0.2, 0.25) is 0 Å². The van der Waals surface area contributed by atoms with E-state index in [0.29, 0.717) is 6.54 Å². The summed E-state index contributed by atoms with van der Waals surface area (Å²) in [5.74, 6) is 0. The molecule has 0 atom stereocenters. The molecule has 0 amide bonds. The maximum atomic E-state index is 5.87. The van der Waals surface area contributed by atoms with Crippen molar-refractivity contribution >= 4 is 21.6 Å². The summed E-state index contributed by atoms with van der Waals surface area (Å²) in [6.07, 6.45) is 1.99. The van der Waals surface area contributed by atoms with Crippen LogP contribution >= 0.6 is 15.9 Å². The first-order chi connectivity index (χ1) is 8.81. The summed E-state index contributed by atoms with van der Waals surface area (Å²) >= 11 is 3.52. The molecule has 0 saturated heterocycles. The van der Waals surface area contributed by atoms with E-state index >= 15 is 0 Å². The highest BCUT2D eigenvalue weighted by atomic mass is 79.9. The Labute approximate surface area is 113 Å². The second-order valence-corrected chi connectivity index (χ2v) is 4.88. The van der Waals surface area contributed by atoms with Crippen LogP contribution in [0.4, 0.5) is 0 Å². The molecule has 2 N–H and O–H groups in total. The number of benzene rings is 1. The average molecular weight is 302 g/mol. The van der Waals surface area contributed by atoms with Gasteiger partial charge in [0.15, 0.2) is 5.65 Å². The molecule has 4 heteroatoms. The third-order valence-corrected chi connectivity index (χ3v) is 3.56. The van der Waals surface area contributed by atoms with Gasteiger partial charge >= 0.3 is 0 Å². The van der Waals surface area contributed by atoms with Crippen LogP contribution in [0.15, 0.2) is 53.1 Å². The molecule has 90 valence electrons. The lowest BCUT2D eigenvalue weighted by atomic mass is 10.1. The first-order valence-corrected chi connectivity index (χ1v) is 6.51. The van der Waals surface area contributed by atoms with Crippen molar-refractivity contribution in [3.8, 4) is 11.3 Å². The molecular weight excluding hydrogens is 290 g/mol. The van der Waals surface area contributed by atoms with Crippen molar-refractivity contribution in [2.45, 2.75) is 6.54 Å². The minimum absolute atomic E-state index is 0.460. The molecule has 0 aliphatic heterocycles. The van der Waals surface area contributed by atoms with Gasteiger partial charge < -0.3 is 10.1 Å². The molecule has 0 saturated carbocycles. The molecule has 0 fully saturated rings. The Morgan fingerprint density at radius 3 is 2.61 bits per heavy atom. The van der Waals surface area contributed by atoms with Crippen molar-refractivity contribution in [1.82, 2.24) is 9.38 Å². The second kappa shape index (κ2) is 4.55. The topological polar surface area (TPSA) is 43.3 Å². The third kappa shape index (κ3) is 1.74. The van der Waals surface area contributed by atoms with E-state index in [0.717, 1.165) is 27.1 Å². The van der Waals surface area contributed by atoms with Gasteiger partial charge in [0.05, 0.1) is 15.9 Å². The van der Waals surface area contributed by atoms with E-state index in [4.69, 9.17) is 5.73 Å². The normalized spacial score (nSPS) is 11.0. The largest absolute Gasteiger partial charge is 0.325 e. The van der Waals surface area contributed by atoms with E-state index in [1.54, 1.807) is 0 Å². The van der Waals surface area contributed by atoms with E-state index in [9.17, 15) is 0 Å². The molecular formula is C14H12BrN3. The van der Waals surface area contributed by atoms with Crippen LogP contribution in [0.1, 0.15) is 5.69 Å². The number of pyridine rings is 1. The molecule has 2 heterocycles. The summed E-state index contributed by atoms with van der Waals surface area (Å²) < 4.78 is 3.01. The Balaban J connectivity index is 2.33. The molecule has 3 nitrogen and oxygen atoms in total.